The Balaban J connectivity index is 0. The summed E-state index contributed by atoms with van der Waals surface area (Å²) < 4.78 is 0. The molecule has 1 rings (SSSR count). The van der Waals surface area contributed by atoms with E-state index in [1.54, 1.807) is 0 Å². The minimum Gasteiger partial charge on any atom is -0.507 e. The molecule has 0 heterocycles. The molecule has 8 heteroatoms. The van der Waals surface area contributed by atoms with Crippen LogP contribution in [-0.4, -0.2) is 135 Å². The monoisotopic (exact) mass is 276 g/mol. The number of carboxylic acids is 2. The number of hydrogen-bond acceptors (Lipinski definition) is 4. The van der Waals surface area contributed by atoms with Crippen LogP contribution >= 0.6 is 0 Å². The van der Waals surface area contributed by atoms with Gasteiger partial charge in [0.1, 0.15) is 22.6 Å². The maximum absolute atomic E-state index is 10.4. The molecule has 0 saturated heterocycles. The van der Waals surface area contributed by atoms with E-state index in [9.17, 15) is 9.59 Å². The molecule has 1 aromatic rings. The number of carbonyl (C=O) groups is 2. The largest absolute Gasteiger partial charge is 0.507 e. The molecule has 1 aromatic carbocycles. The van der Waals surface area contributed by atoms with Crippen molar-refractivity contribution in [2.45, 2.75) is 0 Å². The van der Waals surface area contributed by atoms with E-state index in [4.69, 9.17) is 20.4 Å². The number of aromatic carboxylic acids is 2. The maximum Gasteiger partial charge on any atom is 0.339 e. The van der Waals surface area contributed by atoms with Gasteiger partial charge in [-0.15, -0.1) is 0 Å². The minimum absolute atomic E-state index is 0. The predicted octanol–water partition coefficient (Wildman–Crippen LogP) is -0.267. The molecule has 0 unspecified atom stereocenters. The first-order chi connectivity index (χ1) is 6.43. The first-order valence-corrected chi connectivity index (χ1v) is 3.46. The number of phenols is 2. The van der Waals surface area contributed by atoms with Crippen molar-refractivity contribution in [1.82, 2.24) is 0 Å². The van der Waals surface area contributed by atoms with Crippen LogP contribution in [-0.2, 0) is 0 Å². The molecule has 0 fully saturated rings. The Labute approximate surface area is 176 Å². The molecule has 0 atom stereocenters. The first kappa shape index (κ1) is 19.4. The van der Waals surface area contributed by atoms with Gasteiger partial charge in [-0.3, -0.25) is 0 Å². The third-order valence-electron chi connectivity index (χ3n) is 1.57. The van der Waals surface area contributed by atoms with Crippen molar-refractivity contribution in [1.29, 1.82) is 0 Å². The van der Waals surface area contributed by atoms with Crippen LogP contribution in [0.2, 0.25) is 0 Å². The van der Waals surface area contributed by atoms with E-state index in [0.29, 0.717) is 12.1 Å². The standard InChI is InChI=1S/C8H6O6.2K/c9-5-1-3(7(11)12)6(10)2-4(5)8(13)14;;/h1-2,9-10H,(H,11,12)(H,13,14);;. The number of carboxylic acid groups (broad SMARTS) is 2. The molecule has 4 N–H and O–H groups in total. The Bertz CT molecular complexity index is 377. The van der Waals surface area contributed by atoms with Crippen LogP contribution < -0.4 is 0 Å². The van der Waals surface area contributed by atoms with Crippen LogP contribution in [0.5, 0.6) is 11.5 Å². The normalized spacial score (nSPS) is 8.50. The van der Waals surface area contributed by atoms with E-state index >= 15 is 0 Å². The van der Waals surface area contributed by atoms with Crippen LogP contribution in [0.25, 0.3) is 0 Å². The molecule has 0 spiro atoms. The summed E-state index contributed by atoms with van der Waals surface area (Å²) in [5.74, 6) is -4.30. The second kappa shape index (κ2) is 8.19. The molecule has 0 saturated carbocycles. The molecule has 0 amide bonds. The van der Waals surface area contributed by atoms with Crippen molar-refractivity contribution in [2.24, 2.45) is 0 Å². The molecule has 0 aliphatic carbocycles. The summed E-state index contributed by atoms with van der Waals surface area (Å²) in [7, 11) is 0. The zero-order chi connectivity index (χ0) is 10.9. The molecular formula is C8H6K2O6. The van der Waals surface area contributed by atoms with Gasteiger partial charge in [-0.05, 0) is 12.1 Å². The molecule has 0 aliphatic heterocycles. The van der Waals surface area contributed by atoms with Crippen molar-refractivity contribution in [3.05, 3.63) is 23.3 Å². The van der Waals surface area contributed by atoms with Crippen LogP contribution in [0.3, 0.4) is 0 Å². The second-order valence-electron chi connectivity index (χ2n) is 2.50. The Hall–Kier alpha value is 1.03. The number of aromatic hydroxyl groups is 2. The summed E-state index contributed by atoms with van der Waals surface area (Å²) in [6, 6.07) is 1.36. The quantitative estimate of drug-likeness (QED) is 0.437. The summed E-state index contributed by atoms with van der Waals surface area (Å²) in [6.07, 6.45) is 0. The average molecular weight is 276 g/mol. The summed E-state index contributed by atoms with van der Waals surface area (Å²) in [5, 5.41) is 35.2. The molecule has 0 aliphatic rings. The van der Waals surface area contributed by atoms with Gasteiger partial charge in [-0.25, -0.2) is 9.59 Å². The van der Waals surface area contributed by atoms with Crippen molar-refractivity contribution in [3.63, 3.8) is 0 Å². The van der Waals surface area contributed by atoms with Gasteiger partial charge in [0, 0.05) is 103 Å². The average Bonchev–Trinajstić information content (AvgIpc) is 2.07. The fraction of sp³-hybridized carbons (Fsp3) is 0. The van der Waals surface area contributed by atoms with E-state index in [-0.39, 0.29) is 103 Å². The third-order valence-corrected chi connectivity index (χ3v) is 1.57. The van der Waals surface area contributed by atoms with Crippen LogP contribution in [0.4, 0.5) is 0 Å². The topological polar surface area (TPSA) is 115 Å². The number of rotatable bonds is 2. The number of benzene rings is 1. The third kappa shape index (κ3) is 4.72. The van der Waals surface area contributed by atoms with Crippen molar-refractivity contribution in [2.75, 3.05) is 0 Å². The van der Waals surface area contributed by atoms with E-state index in [1.807, 2.05) is 0 Å². The molecular weight excluding hydrogens is 270 g/mol. The summed E-state index contributed by atoms with van der Waals surface area (Å²) in [5.41, 5.74) is -1.10. The smallest absolute Gasteiger partial charge is 0.339 e. The molecule has 6 nitrogen and oxygen atoms in total. The van der Waals surface area contributed by atoms with E-state index in [0.717, 1.165) is 0 Å². The fourth-order valence-electron chi connectivity index (χ4n) is 0.919. The Kier molecular flexibility index (Phi) is 9.92. The fourth-order valence-corrected chi connectivity index (χ4v) is 0.919. The Morgan fingerprint density at radius 2 is 1.06 bits per heavy atom. The van der Waals surface area contributed by atoms with Gasteiger partial charge in [-0.1, -0.05) is 0 Å². The van der Waals surface area contributed by atoms with E-state index in [2.05, 4.69) is 0 Å². The van der Waals surface area contributed by atoms with Crippen LogP contribution in [0.1, 0.15) is 20.7 Å². The minimum atomic E-state index is -1.45. The Morgan fingerprint density at radius 3 is 1.25 bits per heavy atom. The van der Waals surface area contributed by atoms with E-state index < -0.39 is 34.6 Å². The van der Waals surface area contributed by atoms with Crippen molar-refractivity contribution in [3.8, 4) is 11.5 Å². The summed E-state index contributed by atoms with van der Waals surface area (Å²) >= 11 is 0. The molecule has 0 aromatic heterocycles. The first-order valence-electron chi connectivity index (χ1n) is 3.46. The van der Waals surface area contributed by atoms with Crippen molar-refractivity contribution < 1.29 is 30.0 Å². The zero-order valence-corrected chi connectivity index (χ0v) is 15.0. The van der Waals surface area contributed by atoms with Gasteiger partial charge in [0.05, 0.1) is 0 Å². The zero-order valence-electron chi connectivity index (χ0n) is 8.76. The summed E-state index contributed by atoms with van der Waals surface area (Å²) in [4.78, 5) is 20.9. The van der Waals surface area contributed by atoms with Crippen LogP contribution in [0.15, 0.2) is 12.1 Å². The van der Waals surface area contributed by atoms with Gasteiger partial charge in [-0.2, -0.15) is 0 Å². The molecule has 0 bridgehead atoms. The number of hydrogen-bond donors (Lipinski definition) is 4. The molecule has 76 valence electrons. The Morgan fingerprint density at radius 1 is 0.812 bits per heavy atom. The van der Waals surface area contributed by atoms with Gasteiger partial charge in [0.15, 0.2) is 0 Å². The SMILES string of the molecule is O=C(O)c1cc(O)c(C(=O)O)cc1O.[K].[K]. The van der Waals surface area contributed by atoms with Gasteiger partial charge in [0.25, 0.3) is 0 Å². The van der Waals surface area contributed by atoms with Crippen LogP contribution in [0, 0.1) is 0 Å². The van der Waals surface area contributed by atoms with E-state index in [1.165, 1.54) is 0 Å². The van der Waals surface area contributed by atoms with Gasteiger partial charge >= 0.3 is 11.9 Å². The maximum atomic E-state index is 10.4. The van der Waals surface area contributed by atoms with Gasteiger partial charge in [0.2, 0.25) is 0 Å². The second-order valence-corrected chi connectivity index (χ2v) is 2.50. The van der Waals surface area contributed by atoms with Crippen molar-refractivity contribution >= 4 is 115 Å². The van der Waals surface area contributed by atoms with Gasteiger partial charge < -0.3 is 20.4 Å². The predicted molar refractivity (Wildman–Crippen MR) is 55.2 cm³/mol. The summed E-state index contributed by atoms with van der Waals surface area (Å²) in [6.45, 7) is 0. The molecule has 2 radical (unpaired) electrons. The molecule has 16 heavy (non-hydrogen) atoms.